The summed E-state index contributed by atoms with van der Waals surface area (Å²) in [5.74, 6) is 1.62. The molecule has 0 fully saturated rings. The maximum Gasteiger partial charge on any atom is 0.251 e. The molecule has 184 valence electrons. The predicted octanol–water partition coefficient (Wildman–Crippen LogP) is 4.57. The van der Waals surface area contributed by atoms with E-state index in [1.54, 1.807) is 18.2 Å². The topological polar surface area (TPSA) is 108 Å². The Bertz CT molecular complexity index is 1200. The lowest BCUT2D eigenvalue weighted by Crippen LogP contribution is -2.29. The second kappa shape index (κ2) is 12.5. The summed E-state index contributed by atoms with van der Waals surface area (Å²) in [4.78, 5) is 33.0. The number of nitrogens with zero attached hydrogens (tertiary/aromatic N) is 2. The van der Waals surface area contributed by atoms with Crippen LogP contribution in [-0.4, -0.2) is 48.0 Å². The van der Waals surface area contributed by atoms with E-state index in [4.69, 9.17) is 16.6 Å². The standard InChI is InChI=1S/C25H28BrClN6O2/c1-15-14-19(6-9-21(15)26)25(35)31-13-12-30-23-16(2)22(29-11-10-28-17(3)34)32-24(33-23)18-4-7-20(27)8-5-18/h4-9,14H,10-13H2,1-3H3,(H,28,34)(H,31,35)(H2,29,30,32,33). The van der Waals surface area contributed by atoms with Gasteiger partial charge in [-0.05, 0) is 61.9 Å². The van der Waals surface area contributed by atoms with E-state index < -0.39 is 0 Å². The van der Waals surface area contributed by atoms with Gasteiger partial charge in [-0.1, -0.05) is 27.5 Å². The van der Waals surface area contributed by atoms with Crippen molar-refractivity contribution in [2.24, 2.45) is 0 Å². The molecule has 35 heavy (non-hydrogen) atoms. The molecule has 2 amide bonds. The Kier molecular flexibility index (Phi) is 9.45. The van der Waals surface area contributed by atoms with Gasteiger partial charge in [0.05, 0.1) is 0 Å². The van der Waals surface area contributed by atoms with Gasteiger partial charge in [0.2, 0.25) is 5.91 Å². The Morgan fingerprint density at radius 3 is 2.06 bits per heavy atom. The molecule has 0 saturated heterocycles. The number of hydrogen-bond acceptors (Lipinski definition) is 6. The molecule has 0 aliphatic heterocycles. The highest BCUT2D eigenvalue weighted by Crippen LogP contribution is 2.26. The molecule has 4 N–H and O–H groups in total. The number of aryl methyl sites for hydroxylation is 1. The first-order chi connectivity index (χ1) is 16.7. The van der Waals surface area contributed by atoms with Crippen LogP contribution >= 0.6 is 27.5 Å². The second-order valence-corrected chi connectivity index (χ2v) is 9.22. The molecule has 3 aromatic rings. The Morgan fingerprint density at radius 2 is 1.49 bits per heavy atom. The number of aromatic nitrogens is 2. The van der Waals surface area contributed by atoms with Gasteiger partial charge in [-0.15, -0.1) is 0 Å². The minimum Gasteiger partial charge on any atom is -0.368 e. The average Bonchev–Trinajstić information content (AvgIpc) is 2.83. The highest BCUT2D eigenvalue weighted by molar-refractivity contribution is 9.10. The van der Waals surface area contributed by atoms with E-state index >= 15 is 0 Å². The minimum absolute atomic E-state index is 0.0873. The highest BCUT2D eigenvalue weighted by atomic mass is 79.9. The lowest BCUT2D eigenvalue weighted by molar-refractivity contribution is -0.118. The summed E-state index contributed by atoms with van der Waals surface area (Å²) in [5, 5.41) is 12.9. The number of rotatable bonds is 10. The fourth-order valence-electron chi connectivity index (χ4n) is 3.25. The van der Waals surface area contributed by atoms with Crippen LogP contribution in [0, 0.1) is 13.8 Å². The van der Waals surface area contributed by atoms with Crippen LogP contribution < -0.4 is 21.3 Å². The molecule has 1 aromatic heterocycles. The minimum atomic E-state index is -0.135. The van der Waals surface area contributed by atoms with Gasteiger partial charge in [-0.2, -0.15) is 0 Å². The molecule has 0 bridgehead atoms. The largest absolute Gasteiger partial charge is 0.368 e. The summed E-state index contributed by atoms with van der Waals surface area (Å²) >= 11 is 9.48. The van der Waals surface area contributed by atoms with Crippen LogP contribution in [-0.2, 0) is 4.79 Å². The molecule has 2 aromatic carbocycles. The molecular formula is C25H28BrClN6O2. The van der Waals surface area contributed by atoms with E-state index in [0.717, 1.165) is 21.2 Å². The molecule has 0 saturated carbocycles. The molecule has 8 nitrogen and oxygen atoms in total. The number of halogens is 2. The third kappa shape index (κ3) is 7.66. The van der Waals surface area contributed by atoms with Crippen molar-refractivity contribution in [3.8, 4) is 11.4 Å². The zero-order valence-corrected chi connectivity index (χ0v) is 22.2. The van der Waals surface area contributed by atoms with Crippen molar-refractivity contribution in [2.75, 3.05) is 36.8 Å². The van der Waals surface area contributed by atoms with Crippen molar-refractivity contribution >= 4 is 51.0 Å². The van der Waals surface area contributed by atoms with Crippen molar-refractivity contribution in [1.29, 1.82) is 0 Å². The Labute approximate surface area is 218 Å². The molecule has 0 unspecified atom stereocenters. The van der Waals surface area contributed by atoms with Gasteiger partial charge >= 0.3 is 0 Å². The van der Waals surface area contributed by atoms with Crippen LogP contribution in [0.2, 0.25) is 5.02 Å². The van der Waals surface area contributed by atoms with Gasteiger partial charge in [-0.25, -0.2) is 9.97 Å². The number of nitrogens with one attached hydrogen (secondary N) is 4. The number of hydrogen-bond donors (Lipinski definition) is 4. The number of carbonyl (C=O) groups is 2. The first kappa shape index (κ1) is 26.4. The van der Waals surface area contributed by atoms with Crippen molar-refractivity contribution in [3.05, 3.63) is 68.7 Å². The monoisotopic (exact) mass is 558 g/mol. The lowest BCUT2D eigenvalue weighted by atomic mass is 10.1. The molecule has 3 rings (SSSR count). The van der Waals surface area contributed by atoms with Crippen molar-refractivity contribution in [3.63, 3.8) is 0 Å². The molecule has 10 heteroatoms. The zero-order chi connectivity index (χ0) is 25.4. The Balaban J connectivity index is 1.70. The highest BCUT2D eigenvalue weighted by Gasteiger charge is 2.13. The smallest absolute Gasteiger partial charge is 0.251 e. The Morgan fingerprint density at radius 1 is 0.886 bits per heavy atom. The SMILES string of the molecule is CC(=O)NCCNc1nc(-c2ccc(Cl)cc2)nc(NCCNC(=O)c2ccc(Br)c(C)c2)c1C. The third-order valence-electron chi connectivity index (χ3n) is 5.16. The van der Waals surface area contributed by atoms with Gasteiger partial charge in [0, 0.05) is 59.3 Å². The van der Waals surface area contributed by atoms with Gasteiger partial charge in [-0.3, -0.25) is 9.59 Å². The maximum atomic E-state index is 12.5. The van der Waals surface area contributed by atoms with Crippen molar-refractivity contribution < 1.29 is 9.59 Å². The molecule has 0 aliphatic rings. The predicted molar refractivity (Wildman–Crippen MR) is 144 cm³/mol. The van der Waals surface area contributed by atoms with E-state index in [-0.39, 0.29) is 11.8 Å². The average molecular weight is 560 g/mol. The van der Waals surface area contributed by atoms with Gasteiger partial charge in [0.25, 0.3) is 5.91 Å². The van der Waals surface area contributed by atoms with E-state index in [1.807, 2.05) is 38.1 Å². The summed E-state index contributed by atoms with van der Waals surface area (Å²) < 4.78 is 0.966. The molecule has 0 aliphatic carbocycles. The van der Waals surface area contributed by atoms with E-state index in [1.165, 1.54) is 6.92 Å². The summed E-state index contributed by atoms with van der Waals surface area (Å²) in [6, 6.07) is 12.8. The quantitative estimate of drug-likeness (QED) is 0.271. The molecule has 1 heterocycles. The lowest BCUT2D eigenvalue weighted by Gasteiger charge is -2.16. The van der Waals surface area contributed by atoms with Crippen LogP contribution in [0.3, 0.4) is 0 Å². The van der Waals surface area contributed by atoms with Crippen molar-refractivity contribution in [1.82, 2.24) is 20.6 Å². The van der Waals surface area contributed by atoms with Crippen molar-refractivity contribution in [2.45, 2.75) is 20.8 Å². The fraction of sp³-hybridized carbons (Fsp3) is 0.280. The molecule has 0 spiro atoms. The first-order valence-corrected chi connectivity index (χ1v) is 12.3. The van der Waals surface area contributed by atoms with Gasteiger partial charge < -0.3 is 21.3 Å². The van der Waals surface area contributed by atoms with Crippen LogP contribution in [0.15, 0.2) is 46.9 Å². The molecular weight excluding hydrogens is 532 g/mol. The van der Waals surface area contributed by atoms with E-state index in [9.17, 15) is 9.59 Å². The normalized spacial score (nSPS) is 10.5. The number of carbonyl (C=O) groups excluding carboxylic acids is 2. The summed E-state index contributed by atoms with van der Waals surface area (Å²) in [6.07, 6.45) is 0. The van der Waals surface area contributed by atoms with Crippen LogP contribution in [0.25, 0.3) is 11.4 Å². The maximum absolute atomic E-state index is 12.5. The number of benzene rings is 2. The van der Waals surface area contributed by atoms with Crippen LogP contribution in [0.1, 0.15) is 28.4 Å². The number of amides is 2. The summed E-state index contributed by atoms with van der Waals surface area (Å²) in [7, 11) is 0. The molecule has 0 radical (unpaired) electrons. The van der Waals surface area contributed by atoms with E-state index in [2.05, 4.69) is 42.2 Å². The number of anilines is 2. The summed E-state index contributed by atoms with van der Waals surface area (Å²) in [6.45, 7) is 7.22. The van der Waals surface area contributed by atoms with Crippen LogP contribution in [0.5, 0.6) is 0 Å². The summed E-state index contributed by atoms with van der Waals surface area (Å²) in [5.41, 5.74) is 3.27. The zero-order valence-electron chi connectivity index (χ0n) is 19.8. The molecule has 0 atom stereocenters. The first-order valence-electron chi connectivity index (χ1n) is 11.2. The van der Waals surface area contributed by atoms with Crippen LogP contribution in [0.4, 0.5) is 11.6 Å². The van der Waals surface area contributed by atoms with E-state index in [0.29, 0.717) is 54.2 Å². The fourth-order valence-corrected chi connectivity index (χ4v) is 3.63. The Hall–Kier alpha value is -3.17. The van der Waals surface area contributed by atoms with Gasteiger partial charge in [0.1, 0.15) is 11.6 Å². The van der Waals surface area contributed by atoms with Gasteiger partial charge in [0.15, 0.2) is 5.82 Å². The second-order valence-electron chi connectivity index (χ2n) is 7.93. The third-order valence-corrected chi connectivity index (χ3v) is 6.30.